The van der Waals surface area contributed by atoms with Gasteiger partial charge in [-0.1, -0.05) is 103 Å². The van der Waals surface area contributed by atoms with E-state index in [1.807, 2.05) is 60.8 Å². The van der Waals surface area contributed by atoms with Crippen LogP contribution in [0.5, 0.6) is 0 Å². The Bertz CT molecular complexity index is 2870. The highest BCUT2D eigenvalue weighted by Crippen LogP contribution is 2.43. The van der Waals surface area contributed by atoms with Gasteiger partial charge in [0.15, 0.2) is 5.82 Å². The van der Waals surface area contributed by atoms with Crippen molar-refractivity contribution in [3.63, 3.8) is 0 Å². The molecule has 0 spiro atoms. The van der Waals surface area contributed by atoms with E-state index in [1.165, 1.54) is 0 Å². The number of rotatable bonds is 5. The van der Waals surface area contributed by atoms with Gasteiger partial charge in [0.1, 0.15) is 22.3 Å². The van der Waals surface area contributed by atoms with Gasteiger partial charge >= 0.3 is 0 Å². The molecule has 50 heavy (non-hydrogen) atoms. The highest BCUT2D eigenvalue weighted by molar-refractivity contribution is 6.17. The van der Waals surface area contributed by atoms with E-state index >= 15 is 0 Å². The molecule has 5 heteroatoms. The van der Waals surface area contributed by atoms with Crippen LogP contribution in [0.2, 0.25) is 0 Å². The molecule has 4 heterocycles. The SMILES string of the molecule is c1ccc(-c2nc(-c3cccc(-c4cccnc4)c3)cc(-c3ccc(-c4ccc5oc6ccccc6c5c4)c4oc5ccccc5c34)n2)cc1. The Hall–Kier alpha value is -6.85. The van der Waals surface area contributed by atoms with Crippen LogP contribution in [0, 0.1) is 0 Å². The first-order valence-electron chi connectivity index (χ1n) is 16.6. The third-order valence-corrected chi connectivity index (χ3v) is 9.40. The number of aromatic nitrogens is 3. The predicted octanol–water partition coefficient (Wildman–Crippen LogP) is 12.0. The Morgan fingerprint density at radius 2 is 1.10 bits per heavy atom. The first-order chi connectivity index (χ1) is 24.8. The van der Waals surface area contributed by atoms with Crippen LogP contribution >= 0.6 is 0 Å². The van der Waals surface area contributed by atoms with Gasteiger partial charge < -0.3 is 8.83 Å². The predicted molar refractivity (Wildman–Crippen MR) is 202 cm³/mol. The molecule has 0 radical (unpaired) electrons. The second-order valence-corrected chi connectivity index (χ2v) is 12.4. The van der Waals surface area contributed by atoms with Gasteiger partial charge in [-0.15, -0.1) is 0 Å². The Kier molecular flexibility index (Phi) is 6.42. The van der Waals surface area contributed by atoms with Crippen molar-refractivity contribution in [2.75, 3.05) is 0 Å². The summed E-state index contributed by atoms with van der Waals surface area (Å²) in [6, 6.07) is 51.8. The van der Waals surface area contributed by atoms with E-state index in [9.17, 15) is 0 Å². The number of fused-ring (bicyclic) bond motifs is 6. The number of nitrogens with zero attached hydrogens (tertiary/aromatic N) is 3. The molecule has 5 nitrogen and oxygen atoms in total. The van der Waals surface area contributed by atoms with Crippen molar-refractivity contribution in [3.05, 3.63) is 164 Å². The lowest BCUT2D eigenvalue weighted by Crippen LogP contribution is -1.96. The van der Waals surface area contributed by atoms with Gasteiger partial charge in [-0.2, -0.15) is 0 Å². The molecule has 10 aromatic rings. The zero-order chi connectivity index (χ0) is 33.0. The largest absolute Gasteiger partial charge is 0.456 e. The minimum Gasteiger partial charge on any atom is -0.456 e. The highest BCUT2D eigenvalue weighted by Gasteiger charge is 2.20. The van der Waals surface area contributed by atoms with Gasteiger partial charge in [0.25, 0.3) is 0 Å². The smallest absolute Gasteiger partial charge is 0.160 e. The Balaban J connectivity index is 1.20. The third kappa shape index (κ3) is 4.67. The number of para-hydroxylation sites is 2. The molecule has 0 fully saturated rings. The molecule has 0 bridgehead atoms. The molecule has 0 N–H and O–H groups in total. The lowest BCUT2D eigenvalue weighted by atomic mass is 9.95. The van der Waals surface area contributed by atoms with E-state index in [2.05, 4.69) is 102 Å². The molecule has 0 aliphatic rings. The lowest BCUT2D eigenvalue weighted by Gasteiger charge is -2.12. The Labute approximate surface area is 287 Å². The maximum absolute atomic E-state index is 6.70. The third-order valence-electron chi connectivity index (χ3n) is 9.40. The molecule has 0 saturated heterocycles. The molecule has 0 unspecified atom stereocenters. The summed E-state index contributed by atoms with van der Waals surface area (Å²) in [5.41, 5.74) is 12.2. The minimum absolute atomic E-state index is 0.659. The molecule has 0 aliphatic heterocycles. The summed E-state index contributed by atoms with van der Waals surface area (Å²) in [5, 5.41) is 4.22. The van der Waals surface area contributed by atoms with Crippen LogP contribution in [0.15, 0.2) is 173 Å². The monoisotopic (exact) mass is 641 g/mol. The van der Waals surface area contributed by atoms with E-state index in [1.54, 1.807) is 6.20 Å². The van der Waals surface area contributed by atoms with Crippen LogP contribution in [-0.2, 0) is 0 Å². The first-order valence-corrected chi connectivity index (χ1v) is 16.6. The number of hydrogen-bond donors (Lipinski definition) is 0. The number of furan rings is 2. The van der Waals surface area contributed by atoms with Gasteiger partial charge in [-0.3, -0.25) is 4.98 Å². The maximum atomic E-state index is 6.70. The summed E-state index contributed by atoms with van der Waals surface area (Å²) in [7, 11) is 0. The summed E-state index contributed by atoms with van der Waals surface area (Å²) in [6.07, 6.45) is 3.68. The zero-order valence-electron chi connectivity index (χ0n) is 26.7. The molecule has 234 valence electrons. The van der Waals surface area contributed by atoms with E-state index < -0.39 is 0 Å². The van der Waals surface area contributed by atoms with E-state index in [4.69, 9.17) is 18.8 Å². The molecule has 0 aliphatic carbocycles. The molecule has 0 saturated carbocycles. The standard InChI is InChI=1S/C45H27N3O2/c1-2-10-28(11-3-1)45-47-38(31-13-8-12-29(24-31)32-14-9-23-46-27-32)26-39(48-45)35-21-20-33(44-43(35)36-16-5-7-18-41(36)50-44)30-19-22-42-37(25-30)34-15-4-6-17-40(34)49-42/h1-27H. The summed E-state index contributed by atoms with van der Waals surface area (Å²) in [5.74, 6) is 0.659. The van der Waals surface area contributed by atoms with Gasteiger partial charge in [-0.25, -0.2) is 9.97 Å². The van der Waals surface area contributed by atoms with Crippen molar-refractivity contribution < 1.29 is 8.83 Å². The van der Waals surface area contributed by atoms with Crippen molar-refractivity contribution >= 4 is 43.9 Å². The van der Waals surface area contributed by atoms with Crippen LogP contribution in [0.4, 0.5) is 0 Å². The number of benzene rings is 6. The molecular formula is C45H27N3O2. The zero-order valence-corrected chi connectivity index (χ0v) is 26.7. The second-order valence-electron chi connectivity index (χ2n) is 12.4. The maximum Gasteiger partial charge on any atom is 0.160 e. The average Bonchev–Trinajstić information content (AvgIpc) is 3.77. The summed E-state index contributed by atoms with van der Waals surface area (Å²) in [6.45, 7) is 0. The fourth-order valence-electron chi connectivity index (χ4n) is 7.00. The highest BCUT2D eigenvalue weighted by atomic mass is 16.3. The quantitative estimate of drug-likeness (QED) is 0.187. The Morgan fingerprint density at radius 1 is 0.400 bits per heavy atom. The second kappa shape index (κ2) is 11.4. The van der Waals surface area contributed by atoms with Crippen molar-refractivity contribution in [1.29, 1.82) is 0 Å². The van der Waals surface area contributed by atoms with E-state index in [0.29, 0.717) is 5.82 Å². The fourth-order valence-corrected chi connectivity index (χ4v) is 7.00. The van der Waals surface area contributed by atoms with Crippen LogP contribution in [0.1, 0.15) is 0 Å². The van der Waals surface area contributed by atoms with Crippen molar-refractivity contribution in [2.24, 2.45) is 0 Å². The first kappa shape index (κ1) is 28.2. The summed E-state index contributed by atoms with van der Waals surface area (Å²) >= 11 is 0. The van der Waals surface area contributed by atoms with Crippen LogP contribution < -0.4 is 0 Å². The van der Waals surface area contributed by atoms with Gasteiger partial charge in [-0.05, 0) is 59.7 Å². The van der Waals surface area contributed by atoms with Gasteiger partial charge in [0, 0.05) is 61.8 Å². The summed E-state index contributed by atoms with van der Waals surface area (Å²) in [4.78, 5) is 14.7. The molecule has 0 atom stereocenters. The fraction of sp³-hybridized carbons (Fsp3) is 0. The van der Waals surface area contributed by atoms with Crippen LogP contribution in [-0.4, -0.2) is 15.0 Å². The van der Waals surface area contributed by atoms with Gasteiger partial charge in [0.05, 0.1) is 11.4 Å². The summed E-state index contributed by atoms with van der Waals surface area (Å²) < 4.78 is 12.8. The van der Waals surface area contributed by atoms with E-state index in [-0.39, 0.29) is 0 Å². The Morgan fingerprint density at radius 3 is 1.96 bits per heavy atom. The molecule has 4 aromatic heterocycles. The van der Waals surface area contributed by atoms with E-state index in [0.717, 1.165) is 94.2 Å². The lowest BCUT2D eigenvalue weighted by molar-refractivity contribution is 0.668. The number of pyridine rings is 1. The average molecular weight is 642 g/mol. The number of hydrogen-bond acceptors (Lipinski definition) is 5. The molecule has 10 rings (SSSR count). The van der Waals surface area contributed by atoms with Crippen LogP contribution in [0.3, 0.4) is 0 Å². The minimum atomic E-state index is 0.659. The van der Waals surface area contributed by atoms with Crippen molar-refractivity contribution in [3.8, 4) is 56.2 Å². The van der Waals surface area contributed by atoms with Crippen molar-refractivity contribution in [1.82, 2.24) is 15.0 Å². The topological polar surface area (TPSA) is 65.0 Å². The molecular weight excluding hydrogens is 615 g/mol. The van der Waals surface area contributed by atoms with Gasteiger partial charge in [0.2, 0.25) is 0 Å². The van der Waals surface area contributed by atoms with Crippen molar-refractivity contribution in [2.45, 2.75) is 0 Å². The van der Waals surface area contributed by atoms with Crippen LogP contribution in [0.25, 0.3) is 100 Å². The molecule has 6 aromatic carbocycles. The normalized spacial score (nSPS) is 11.6. The molecule has 0 amide bonds.